The van der Waals surface area contributed by atoms with Crippen LogP contribution < -0.4 is 10.2 Å². The molecule has 0 bridgehead atoms. The smallest absolute Gasteiger partial charge is 0.338 e. The molecule has 2 N–H and O–H groups in total. The van der Waals surface area contributed by atoms with Gasteiger partial charge in [0.2, 0.25) is 0 Å². The number of benzene rings is 1. The van der Waals surface area contributed by atoms with Gasteiger partial charge in [0.1, 0.15) is 0 Å². The normalized spacial score (nSPS) is 21.2. The summed E-state index contributed by atoms with van der Waals surface area (Å²) >= 11 is 0. The highest BCUT2D eigenvalue weighted by molar-refractivity contribution is 5.93. The molecule has 0 spiro atoms. The fraction of sp³-hybridized carbons (Fsp3) is 0.529. The third-order valence-corrected chi connectivity index (χ3v) is 4.15. The first-order chi connectivity index (χ1) is 10.6. The van der Waals surface area contributed by atoms with E-state index in [1.165, 1.54) is 24.2 Å². The maximum atomic E-state index is 12.1. The number of ether oxygens (including phenoxy) is 1. The number of esters is 1. The van der Waals surface area contributed by atoms with Gasteiger partial charge in [-0.3, -0.25) is 4.79 Å². The van der Waals surface area contributed by atoms with E-state index in [0.717, 1.165) is 6.54 Å². The SMILES string of the molecule is CCOC(=O)c1ccc(NC(=O)C[NH+]2CCCC[C@H]2C)cc1. The number of carbonyl (C=O) groups is 2. The molecule has 1 unspecified atom stereocenters. The van der Waals surface area contributed by atoms with E-state index in [0.29, 0.717) is 30.4 Å². The van der Waals surface area contributed by atoms with Gasteiger partial charge in [0.25, 0.3) is 5.91 Å². The van der Waals surface area contributed by atoms with Crippen molar-refractivity contribution in [1.82, 2.24) is 0 Å². The van der Waals surface area contributed by atoms with Crippen molar-refractivity contribution in [2.75, 3.05) is 25.0 Å². The lowest BCUT2D eigenvalue weighted by Crippen LogP contribution is -3.17. The Hall–Kier alpha value is -1.88. The summed E-state index contributed by atoms with van der Waals surface area (Å²) in [5.74, 6) is -0.320. The monoisotopic (exact) mass is 305 g/mol. The second kappa shape index (κ2) is 7.94. The molecule has 1 aliphatic rings. The lowest BCUT2D eigenvalue weighted by molar-refractivity contribution is -0.920. The quantitative estimate of drug-likeness (QED) is 0.805. The van der Waals surface area contributed by atoms with Crippen molar-refractivity contribution in [2.24, 2.45) is 0 Å². The van der Waals surface area contributed by atoms with Crippen LogP contribution in [0.2, 0.25) is 0 Å². The maximum Gasteiger partial charge on any atom is 0.338 e. The summed E-state index contributed by atoms with van der Waals surface area (Å²) < 4.78 is 4.93. The van der Waals surface area contributed by atoms with Gasteiger partial charge in [-0.15, -0.1) is 0 Å². The molecule has 1 amide bonds. The van der Waals surface area contributed by atoms with E-state index in [-0.39, 0.29) is 11.9 Å². The van der Waals surface area contributed by atoms with Gasteiger partial charge in [-0.2, -0.15) is 0 Å². The van der Waals surface area contributed by atoms with Crippen molar-refractivity contribution < 1.29 is 19.2 Å². The molecular formula is C17H25N2O3+. The summed E-state index contributed by atoms with van der Waals surface area (Å²) in [5.41, 5.74) is 1.21. The molecule has 0 radical (unpaired) electrons. The zero-order chi connectivity index (χ0) is 15.9. The summed E-state index contributed by atoms with van der Waals surface area (Å²) in [6, 6.07) is 7.36. The first kappa shape index (κ1) is 16.5. The summed E-state index contributed by atoms with van der Waals surface area (Å²) in [5, 5.41) is 2.90. The zero-order valence-electron chi connectivity index (χ0n) is 13.4. The number of nitrogens with one attached hydrogen (secondary N) is 2. The van der Waals surface area contributed by atoms with Crippen LogP contribution in [-0.4, -0.2) is 37.6 Å². The van der Waals surface area contributed by atoms with Crippen LogP contribution in [0.15, 0.2) is 24.3 Å². The highest BCUT2D eigenvalue weighted by atomic mass is 16.5. The Labute approximate surface area is 131 Å². The molecule has 0 aliphatic carbocycles. The van der Waals surface area contributed by atoms with Crippen LogP contribution in [0.3, 0.4) is 0 Å². The van der Waals surface area contributed by atoms with Crippen LogP contribution in [0.5, 0.6) is 0 Å². The second-order valence-corrected chi connectivity index (χ2v) is 5.83. The largest absolute Gasteiger partial charge is 0.462 e. The summed E-state index contributed by atoms with van der Waals surface area (Å²) in [6.45, 7) is 5.90. The number of piperidine rings is 1. The first-order valence-electron chi connectivity index (χ1n) is 8.01. The number of carbonyl (C=O) groups excluding carboxylic acids is 2. The number of rotatable bonds is 5. The van der Waals surface area contributed by atoms with Crippen molar-refractivity contribution >= 4 is 17.6 Å². The number of anilines is 1. The van der Waals surface area contributed by atoms with E-state index in [2.05, 4.69) is 12.2 Å². The molecule has 1 aromatic carbocycles. The molecule has 5 heteroatoms. The first-order valence-corrected chi connectivity index (χ1v) is 8.01. The summed E-state index contributed by atoms with van der Waals surface area (Å²) in [7, 11) is 0. The number of hydrogen-bond acceptors (Lipinski definition) is 3. The van der Waals surface area contributed by atoms with Gasteiger partial charge in [-0.1, -0.05) is 0 Å². The van der Waals surface area contributed by atoms with Gasteiger partial charge in [0, 0.05) is 5.69 Å². The Bertz CT molecular complexity index is 513. The highest BCUT2D eigenvalue weighted by Gasteiger charge is 2.24. The van der Waals surface area contributed by atoms with Crippen LogP contribution >= 0.6 is 0 Å². The predicted molar refractivity (Wildman–Crippen MR) is 85.0 cm³/mol. The number of quaternary nitrogens is 1. The summed E-state index contributed by atoms with van der Waals surface area (Å²) in [6.07, 6.45) is 3.65. The minimum atomic E-state index is -0.341. The van der Waals surface area contributed by atoms with Gasteiger partial charge in [-0.25, -0.2) is 4.79 Å². The van der Waals surface area contributed by atoms with Gasteiger partial charge in [-0.05, 0) is 57.4 Å². The van der Waals surface area contributed by atoms with Crippen LogP contribution in [0.1, 0.15) is 43.5 Å². The molecule has 1 fully saturated rings. The molecule has 2 rings (SSSR count). The molecule has 22 heavy (non-hydrogen) atoms. The standard InChI is InChI=1S/C17H24N2O3/c1-3-22-17(21)14-7-9-15(10-8-14)18-16(20)12-19-11-5-4-6-13(19)2/h7-10,13H,3-6,11-12H2,1-2H3,(H,18,20)/p+1/t13-/m1/s1. The highest BCUT2D eigenvalue weighted by Crippen LogP contribution is 2.10. The minimum Gasteiger partial charge on any atom is -0.462 e. The molecule has 1 heterocycles. The lowest BCUT2D eigenvalue weighted by Gasteiger charge is -2.29. The van der Waals surface area contributed by atoms with Crippen molar-refractivity contribution in [3.05, 3.63) is 29.8 Å². The minimum absolute atomic E-state index is 0.0210. The second-order valence-electron chi connectivity index (χ2n) is 5.83. The molecule has 1 saturated heterocycles. The maximum absolute atomic E-state index is 12.1. The zero-order valence-corrected chi connectivity index (χ0v) is 13.4. The molecule has 2 atom stereocenters. The molecule has 1 aliphatic heterocycles. The van der Waals surface area contributed by atoms with Crippen molar-refractivity contribution in [3.63, 3.8) is 0 Å². The van der Waals surface area contributed by atoms with E-state index in [1.54, 1.807) is 31.2 Å². The Morgan fingerprint density at radius 3 is 2.64 bits per heavy atom. The Kier molecular flexibility index (Phi) is 5.95. The van der Waals surface area contributed by atoms with E-state index in [4.69, 9.17) is 4.74 Å². The number of hydrogen-bond donors (Lipinski definition) is 2. The van der Waals surface area contributed by atoms with Crippen LogP contribution in [-0.2, 0) is 9.53 Å². The number of amides is 1. The molecule has 5 nitrogen and oxygen atoms in total. The van der Waals surface area contributed by atoms with Crippen molar-refractivity contribution in [3.8, 4) is 0 Å². The van der Waals surface area contributed by atoms with E-state index < -0.39 is 0 Å². The lowest BCUT2D eigenvalue weighted by atomic mass is 10.0. The Morgan fingerprint density at radius 2 is 2.00 bits per heavy atom. The van der Waals surface area contributed by atoms with E-state index in [1.807, 2.05) is 0 Å². The number of likely N-dealkylation sites (tertiary alicyclic amines) is 1. The van der Waals surface area contributed by atoms with Crippen molar-refractivity contribution in [2.45, 2.75) is 39.2 Å². The van der Waals surface area contributed by atoms with Crippen LogP contribution in [0, 0.1) is 0 Å². The van der Waals surface area contributed by atoms with E-state index >= 15 is 0 Å². The Morgan fingerprint density at radius 1 is 1.27 bits per heavy atom. The average molecular weight is 305 g/mol. The molecule has 0 aromatic heterocycles. The van der Waals surface area contributed by atoms with Gasteiger partial charge in [0.05, 0.1) is 24.8 Å². The van der Waals surface area contributed by atoms with Crippen LogP contribution in [0.4, 0.5) is 5.69 Å². The Balaban J connectivity index is 1.87. The topological polar surface area (TPSA) is 59.8 Å². The van der Waals surface area contributed by atoms with Gasteiger partial charge >= 0.3 is 5.97 Å². The van der Waals surface area contributed by atoms with Crippen LogP contribution in [0.25, 0.3) is 0 Å². The summed E-state index contributed by atoms with van der Waals surface area (Å²) in [4.78, 5) is 25.0. The van der Waals surface area contributed by atoms with E-state index in [9.17, 15) is 9.59 Å². The molecule has 0 saturated carbocycles. The molecule has 120 valence electrons. The van der Waals surface area contributed by atoms with Gasteiger partial charge in [0.15, 0.2) is 6.54 Å². The third kappa shape index (κ3) is 4.56. The molecular weight excluding hydrogens is 280 g/mol. The van der Waals surface area contributed by atoms with Gasteiger partial charge < -0.3 is 15.0 Å². The fourth-order valence-corrected chi connectivity index (χ4v) is 2.83. The molecule has 1 aromatic rings. The fourth-order valence-electron chi connectivity index (χ4n) is 2.83. The van der Waals surface area contributed by atoms with Crippen molar-refractivity contribution in [1.29, 1.82) is 0 Å². The average Bonchev–Trinajstić information content (AvgIpc) is 2.50. The third-order valence-electron chi connectivity index (χ3n) is 4.15. The predicted octanol–water partition coefficient (Wildman–Crippen LogP) is 1.26.